The van der Waals surface area contributed by atoms with E-state index >= 15 is 0 Å². The highest BCUT2D eigenvalue weighted by Crippen LogP contribution is 2.39. The number of nitrogens with one attached hydrogen (secondary N) is 1. The summed E-state index contributed by atoms with van der Waals surface area (Å²) in [6.45, 7) is 5.30. The van der Waals surface area contributed by atoms with Gasteiger partial charge in [0.25, 0.3) is 0 Å². The standard InChI is InChI=1S/C19H35F6N/c1-4-5-6-7-8-9-10-11-12-13-17(26-16(2)3,14-18(20,21)22)15-19(23,24)25/h16,26H,4-15H2,1-3H3. The molecular formula is C19H35F6N. The summed E-state index contributed by atoms with van der Waals surface area (Å²) in [5.74, 6) is 0. The molecule has 0 rings (SSSR count). The molecule has 0 aliphatic carbocycles. The zero-order valence-electron chi connectivity index (χ0n) is 16.3. The Hall–Kier alpha value is -0.460. The molecule has 158 valence electrons. The molecule has 0 aliphatic rings. The van der Waals surface area contributed by atoms with Gasteiger partial charge in [0.05, 0.1) is 12.8 Å². The van der Waals surface area contributed by atoms with Crippen LogP contribution in [-0.4, -0.2) is 23.9 Å². The summed E-state index contributed by atoms with van der Waals surface area (Å²) in [6.07, 6.45) is -3.57. The van der Waals surface area contributed by atoms with Crippen LogP contribution >= 0.6 is 0 Å². The van der Waals surface area contributed by atoms with Gasteiger partial charge in [-0.3, -0.25) is 0 Å². The molecule has 26 heavy (non-hydrogen) atoms. The van der Waals surface area contributed by atoms with Gasteiger partial charge in [0.2, 0.25) is 0 Å². The molecule has 0 aliphatic heterocycles. The quantitative estimate of drug-likeness (QED) is 0.238. The van der Waals surface area contributed by atoms with Gasteiger partial charge in [0, 0.05) is 11.6 Å². The maximum Gasteiger partial charge on any atom is 0.390 e. The number of rotatable bonds is 14. The molecule has 0 amide bonds. The Morgan fingerprint density at radius 2 is 1.04 bits per heavy atom. The number of hydrogen-bond donors (Lipinski definition) is 1. The van der Waals surface area contributed by atoms with E-state index in [-0.39, 0.29) is 6.42 Å². The van der Waals surface area contributed by atoms with Crippen LogP contribution in [0.3, 0.4) is 0 Å². The van der Waals surface area contributed by atoms with E-state index in [2.05, 4.69) is 12.2 Å². The van der Waals surface area contributed by atoms with Crippen molar-refractivity contribution >= 4 is 0 Å². The number of hydrogen-bond acceptors (Lipinski definition) is 1. The Balaban J connectivity index is 4.59. The minimum absolute atomic E-state index is 0.111. The second kappa shape index (κ2) is 12.1. The molecule has 0 aromatic rings. The third kappa shape index (κ3) is 14.7. The van der Waals surface area contributed by atoms with Crippen molar-refractivity contribution in [3.63, 3.8) is 0 Å². The lowest BCUT2D eigenvalue weighted by Gasteiger charge is -2.38. The Kier molecular flexibility index (Phi) is 11.9. The van der Waals surface area contributed by atoms with Gasteiger partial charge in [-0.05, 0) is 6.42 Å². The summed E-state index contributed by atoms with van der Waals surface area (Å²) < 4.78 is 77.7. The fourth-order valence-electron chi connectivity index (χ4n) is 3.57. The lowest BCUT2D eigenvalue weighted by atomic mass is 9.84. The highest BCUT2D eigenvalue weighted by Gasteiger charge is 2.48. The first-order chi connectivity index (χ1) is 11.9. The highest BCUT2D eigenvalue weighted by molar-refractivity contribution is 4.93. The predicted octanol–water partition coefficient (Wildman–Crippen LogP) is 7.55. The summed E-state index contributed by atoms with van der Waals surface area (Å²) in [6, 6.07) is -0.446. The number of halogens is 6. The Morgan fingerprint density at radius 1 is 0.654 bits per heavy atom. The van der Waals surface area contributed by atoms with E-state index in [0.717, 1.165) is 25.7 Å². The van der Waals surface area contributed by atoms with Gasteiger partial charge in [-0.2, -0.15) is 26.3 Å². The van der Waals surface area contributed by atoms with E-state index in [1.54, 1.807) is 13.8 Å². The smallest absolute Gasteiger partial charge is 0.308 e. The average molecular weight is 391 g/mol. The average Bonchev–Trinajstić information content (AvgIpc) is 2.40. The zero-order valence-corrected chi connectivity index (χ0v) is 16.3. The molecule has 0 saturated carbocycles. The van der Waals surface area contributed by atoms with Crippen LogP contribution in [0.1, 0.15) is 97.8 Å². The SMILES string of the molecule is CCCCCCCCCCCC(CC(F)(F)F)(CC(F)(F)F)NC(C)C. The van der Waals surface area contributed by atoms with E-state index < -0.39 is 36.8 Å². The Bertz CT molecular complexity index is 333. The summed E-state index contributed by atoms with van der Waals surface area (Å²) in [4.78, 5) is 0. The van der Waals surface area contributed by atoms with E-state index in [4.69, 9.17) is 0 Å². The predicted molar refractivity (Wildman–Crippen MR) is 94.2 cm³/mol. The molecule has 0 spiro atoms. The summed E-state index contributed by atoms with van der Waals surface area (Å²) in [5, 5.41) is 2.59. The van der Waals surface area contributed by atoms with E-state index in [0.29, 0.717) is 12.8 Å². The molecule has 0 aromatic heterocycles. The molecule has 0 unspecified atom stereocenters. The molecule has 0 fully saturated rings. The van der Waals surface area contributed by atoms with Crippen molar-refractivity contribution in [1.82, 2.24) is 5.32 Å². The van der Waals surface area contributed by atoms with Crippen molar-refractivity contribution in [2.24, 2.45) is 0 Å². The maximum atomic E-state index is 12.9. The summed E-state index contributed by atoms with van der Waals surface area (Å²) in [5.41, 5.74) is -1.97. The second-order valence-electron chi connectivity index (χ2n) is 7.74. The highest BCUT2D eigenvalue weighted by atomic mass is 19.4. The molecule has 0 radical (unpaired) electrons. The van der Waals surface area contributed by atoms with Crippen molar-refractivity contribution in [1.29, 1.82) is 0 Å². The molecular weight excluding hydrogens is 356 g/mol. The van der Waals surface area contributed by atoms with Crippen LogP contribution in [0.2, 0.25) is 0 Å². The van der Waals surface area contributed by atoms with Gasteiger partial charge in [-0.15, -0.1) is 0 Å². The van der Waals surface area contributed by atoms with Gasteiger partial charge in [-0.1, -0.05) is 78.6 Å². The van der Waals surface area contributed by atoms with Crippen molar-refractivity contribution in [3.05, 3.63) is 0 Å². The van der Waals surface area contributed by atoms with Gasteiger partial charge < -0.3 is 5.32 Å². The summed E-state index contributed by atoms with van der Waals surface area (Å²) in [7, 11) is 0. The molecule has 7 heteroatoms. The maximum absolute atomic E-state index is 12.9. The topological polar surface area (TPSA) is 12.0 Å². The lowest BCUT2D eigenvalue weighted by molar-refractivity contribution is -0.184. The molecule has 1 nitrogen and oxygen atoms in total. The van der Waals surface area contributed by atoms with Crippen LogP contribution < -0.4 is 5.32 Å². The van der Waals surface area contributed by atoms with Crippen molar-refractivity contribution in [2.75, 3.05) is 0 Å². The largest absolute Gasteiger partial charge is 0.390 e. The van der Waals surface area contributed by atoms with Crippen LogP contribution in [0, 0.1) is 0 Å². The molecule has 0 saturated heterocycles. The lowest BCUT2D eigenvalue weighted by Crippen LogP contribution is -2.53. The molecule has 0 aromatic carbocycles. The monoisotopic (exact) mass is 391 g/mol. The van der Waals surface area contributed by atoms with Gasteiger partial charge in [-0.25, -0.2) is 0 Å². The molecule has 0 heterocycles. The van der Waals surface area contributed by atoms with Crippen LogP contribution in [-0.2, 0) is 0 Å². The van der Waals surface area contributed by atoms with E-state index in [9.17, 15) is 26.3 Å². The minimum Gasteiger partial charge on any atom is -0.308 e. The molecule has 0 atom stereocenters. The van der Waals surface area contributed by atoms with Crippen molar-refractivity contribution in [2.45, 2.75) is 122 Å². The third-order valence-electron chi connectivity index (χ3n) is 4.43. The summed E-state index contributed by atoms with van der Waals surface area (Å²) >= 11 is 0. The van der Waals surface area contributed by atoms with Crippen LogP contribution in [0.4, 0.5) is 26.3 Å². The number of unbranched alkanes of at least 4 members (excludes halogenated alkanes) is 8. The van der Waals surface area contributed by atoms with Crippen LogP contribution in [0.15, 0.2) is 0 Å². The van der Waals surface area contributed by atoms with Gasteiger partial charge >= 0.3 is 12.4 Å². The molecule has 0 bridgehead atoms. The van der Waals surface area contributed by atoms with Crippen molar-refractivity contribution in [3.8, 4) is 0 Å². The first-order valence-corrected chi connectivity index (χ1v) is 9.80. The van der Waals surface area contributed by atoms with Crippen molar-refractivity contribution < 1.29 is 26.3 Å². The minimum atomic E-state index is -4.63. The van der Waals surface area contributed by atoms with Crippen LogP contribution in [0.25, 0.3) is 0 Å². The first kappa shape index (κ1) is 25.5. The van der Waals surface area contributed by atoms with Gasteiger partial charge in [0.1, 0.15) is 0 Å². The normalized spacial score (nSPS) is 13.6. The third-order valence-corrected chi connectivity index (χ3v) is 4.43. The fraction of sp³-hybridized carbons (Fsp3) is 1.00. The number of alkyl halides is 6. The Labute approximate surface area is 154 Å². The fourth-order valence-corrected chi connectivity index (χ4v) is 3.57. The van der Waals surface area contributed by atoms with E-state index in [1.165, 1.54) is 19.3 Å². The second-order valence-corrected chi connectivity index (χ2v) is 7.74. The van der Waals surface area contributed by atoms with Gasteiger partial charge in [0.15, 0.2) is 0 Å². The first-order valence-electron chi connectivity index (χ1n) is 9.80. The van der Waals surface area contributed by atoms with E-state index in [1.807, 2.05) is 0 Å². The zero-order chi connectivity index (χ0) is 20.3. The van der Waals surface area contributed by atoms with Crippen LogP contribution in [0.5, 0.6) is 0 Å². The Morgan fingerprint density at radius 3 is 1.38 bits per heavy atom. The molecule has 1 N–H and O–H groups in total.